The predicted molar refractivity (Wildman–Crippen MR) is 87.9 cm³/mol. The molecule has 0 saturated carbocycles. The smallest absolute Gasteiger partial charge is 0.252 e. The first-order valence-electron chi connectivity index (χ1n) is 7.32. The third kappa shape index (κ3) is 4.16. The molecule has 0 radical (unpaired) electrons. The number of hydrogen-bond donors (Lipinski definition) is 2. The third-order valence-electron chi connectivity index (χ3n) is 3.58. The van der Waals surface area contributed by atoms with Gasteiger partial charge in [0.2, 0.25) is 5.91 Å². The molecule has 2 rings (SSSR count). The summed E-state index contributed by atoms with van der Waals surface area (Å²) in [6.07, 6.45) is 0. The van der Waals surface area contributed by atoms with E-state index in [1.807, 2.05) is 19.1 Å². The van der Waals surface area contributed by atoms with Crippen LogP contribution in [0.4, 0.5) is 10.1 Å². The van der Waals surface area contributed by atoms with E-state index in [1.54, 1.807) is 26.0 Å². The van der Waals surface area contributed by atoms with Crippen molar-refractivity contribution >= 4 is 17.5 Å². The van der Waals surface area contributed by atoms with E-state index in [4.69, 9.17) is 0 Å². The Balaban J connectivity index is 2.03. The highest BCUT2D eigenvalue weighted by Crippen LogP contribution is 2.16. The number of aryl methyl sites for hydroxylation is 2. The van der Waals surface area contributed by atoms with Gasteiger partial charge in [0, 0.05) is 11.3 Å². The van der Waals surface area contributed by atoms with Crippen molar-refractivity contribution in [1.29, 1.82) is 0 Å². The van der Waals surface area contributed by atoms with Crippen molar-refractivity contribution in [2.24, 2.45) is 0 Å². The molecule has 2 aromatic carbocycles. The molecule has 0 aliphatic carbocycles. The summed E-state index contributed by atoms with van der Waals surface area (Å²) < 4.78 is 13.1. The number of halogens is 1. The topological polar surface area (TPSA) is 58.2 Å². The van der Waals surface area contributed by atoms with Crippen molar-refractivity contribution in [1.82, 2.24) is 5.32 Å². The highest BCUT2D eigenvalue weighted by Gasteiger charge is 2.18. The summed E-state index contributed by atoms with van der Waals surface area (Å²) in [5.41, 5.74) is 2.52. The van der Waals surface area contributed by atoms with Crippen molar-refractivity contribution < 1.29 is 14.0 Å². The first kappa shape index (κ1) is 16.7. The van der Waals surface area contributed by atoms with Gasteiger partial charge in [-0.05, 0) is 56.2 Å². The van der Waals surface area contributed by atoms with Crippen molar-refractivity contribution in [2.45, 2.75) is 26.8 Å². The van der Waals surface area contributed by atoms with Crippen LogP contribution in [0.1, 0.15) is 28.4 Å². The summed E-state index contributed by atoms with van der Waals surface area (Å²) in [5, 5.41) is 5.35. The number of rotatable bonds is 4. The molecule has 0 fully saturated rings. The van der Waals surface area contributed by atoms with Gasteiger partial charge in [-0.1, -0.05) is 18.2 Å². The van der Waals surface area contributed by atoms with Crippen molar-refractivity contribution in [2.75, 3.05) is 5.32 Å². The van der Waals surface area contributed by atoms with Crippen LogP contribution in [0.3, 0.4) is 0 Å². The quantitative estimate of drug-likeness (QED) is 0.910. The molecule has 1 unspecified atom stereocenters. The molecule has 0 aliphatic rings. The van der Waals surface area contributed by atoms with Gasteiger partial charge in [-0.25, -0.2) is 4.39 Å². The summed E-state index contributed by atoms with van der Waals surface area (Å²) >= 11 is 0. The van der Waals surface area contributed by atoms with Crippen molar-refractivity contribution in [3.8, 4) is 0 Å². The van der Waals surface area contributed by atoms with Crippen LogP contribution in [-0.4, -0.2) is 17.9 Å². The first-order valence-corrected chi connectivity index (χ1v) is 7.32. The molecule has 2 aromatic rings. The molecule has 23 heavy (non-hydrogen) atoms. The number of anilines is 1. The van der Waals surface area contributed by atoms with E-state index in [-0.39, 0.29) is 17.6 Å². The zero-order valence-corrected chi connectivity index (χ0v) is 13.3. The van der Waals surface area contributed by atoms with E-state index >= 15 is 0 Å². The zero-order chi connectivity index (χ0) is 17.0. The second-order valence-corrected chi connectivity index (χ2v) is 5.46. The Labute approximate surface area is 134 Å². The van der Waals surface area contributed by atoms with Crippen LogP contribution in [0.15, 0.2) is 42.5 Å². The Hall–Kier alpha value is -2.69. The molecule has 120 valence electrons. The molecule has 0 spiro atoms. The maximum atomic E-state index is 13.1. The number of hydrogen-bond acceptors (Lipinski definition) is 2. The lowest BCUT2D eigenvalue weighted by molar-refractivity contribution is -0.117. The van der Waals surface area contributed by atoms with E-state index in [1.165, 1.54) is 18.2 Å². The molecule has 2 N–H and O–H groups in total. The summed E-state index contributed by atoms with van der Waals surface area (Å²) in [7, 11) is 0. The second-order valence-electron chi connectivity index (χ2n) is 5.46. The maximum Gasteiger partial charge on any atom is 0.252 e. The number of carbonyl (C=O) groups excluding carboxylic acids is 2. The number of benzene rings is 2. The van der Waals surface area contributed by atoms with Gasteiger partial charge in [-0.3, -0.25) is 9.59 Å². The Bertz CT molecular complexity index is 744. The molecular formula is C18H19FN2O2. The summed E-state index contributed by atoms with van der Waals surface area (Å²) in [6.45, 7) is 5.14. The highest BCUT2D eigenvalue weighted by molar-refractivity contribution is 6.01. The molecule has 1 atom stereocenters. The van der Waals surface area contributed by atoms with Gasteiger partial charge in [-0.2, -0.15) is 0 Å². The van der Waals surface area contributed by atoms with E-state index in [0.717, 1.165) is 5.56 Å². The van der Waals surface area contributed by atoms with E-state index in [9.17, 15) is 14.0 Å². The highest BCUT2D eigenvalue weighted by atomic mass is 19.1. The van der Waals surface area contributed by atoms with Gasteiger partial charge in [0.1, 0.15) is 11.9 Å². The molecule has 5 heteroatoms. The van der Waals surface area contributed by atoms with Crippen molar-refractivity contribution in [3.05, 3.63) is 65.0 Å². The van der Waals surface area contributed by atoms with Gasteiger partial charge in [0.25, 0.3) is 5.91 Å². The predicted octanol–water partition coefficient (Wildman–Crippen LogP) is 3.20. The number of carbonyl (C=O) groups is 2. The van der Waals surface area contributed by atoms with Crippen LogP contribution < -0.4 is 10.6 Å². The Morgan fingerprint density at radius 1 is 1.04 bits per heavy atom. The van der Waals surface area contributed by atoms with Crippen LogP contribution >= 0.6 is 0 Å². The van der Waals surface area contributed by atoms with Crippen LogP contribution in [0, 0.1) is 19.7 Å². The molecule has 4 nitrogen and oxygen atoms in total. The Morgan fingerprint density at radius 2 is 1.74 bits per heavy atom. The van der Waals surface area contributed by atoms with Gasteiger partial charge in [0.05, 0.1) is 0 Å². The van der Waals surface area contributed by atoms with Crippen LogP contribution in [0.2, 0.25) is 0 Å². The fourth-order valence-corrected chi connectivity index (χ4v) is 2.18. The Kier molecular flexibility index (Phi) is 5.11. The van der Waals surface area contributed by atoms with Gasteiger partial charge in [0.15, 0.2) is 0 Å². The molecular weight excluding hydrogens is 295 g/mol. The molecule has 2 amide bonds. The molecule has 0 heterocycles. The standard InChI is InChI=1S/C18H19FN2O2/c1-11-6-4-5-7-15(11)18(23)20-13(3)17(22)21-16-9-8-14(19)10-12(16)2/h4-10,13H,1-3H3,(H,20,23)(H,21,22). The summed E-state index contributed by atoms with van der Waals surface area (Å²) in [4.78, 5) is 24.4. The second kappa shape index (κ2) is 7.05. The van der Waals surface area contributed by atoms with Gasteiger partial charge < -0.3 is 10.6 Å². The van der Waals surface area contributed by atoms with Crippen LogP contribution in [0.5, 0.6) is 0 Å². The minimum atomic E-state index is -0.716. The fraction of sp³-hybridized carbons (Fsp3) is 0.222. The van der Waals surface area contributed by atoms with E-state index < -0.39 is 6.04 Å². The summed E-state index contributed by atoms with van der Waals surface area (Å²) in [6, 6.07) is 10.6. The van der Waals surface area contributed by atoms with Crippen LogP contribution in [0.25, 0.3) is 0 Å². The van der Waals surface area contributed by atoms with Crippen molar-refractivity contribution in [3.63, 3.8) is 0 Å². The average molecular weight is 314 g/mol. The third-order valence-corrected chi connectivity index (χ3v) is 3.58. The largest absolute Gasteiger partial charge is 0.341 e. The van der Waals surface area contributed by atoms with E-state index in [0.29, 0.717) is 16.8 Å². The molecule has 0 aromatic heterocycles. The molecule has 0 bridgehead atoms. The number of nitrogens with one attached hydrogen (secondary N) is 2. The lowest BCUT2D eigenvalue weighted by Gasteiger charge is -2.16. The summed E-state index contributed by atoms with van der Waals surface area (Å²) in [5.74, 6) is -1.02. The fourth-order valence-electron chi connectivity index (χ4n) is 2.18. The average Bonchev–Trinajstić information content (AvgIpc) is 2.50. The normalized spacial score (nSPS) is 11.7. The monoisotopic (exact) mass is 314 g/mol. The van der Waals surface area contributed by atoms with Gasteiger partial charge in [-0.15, -0.1) is 0 Å². The first-order chi connectivity index (χ1) is 10.9. The zero-order valence-electron chi connectivity index (χ0n) is 13.3. The Morgan fingerprint density at radius 3 is 2.39 bits per heavy atom. The van der Waals surface area contributed by atoms with Gasteiger partial charge >= 0.3 is 0 Å². The SMILES string of the molecule is Cc1cc(F)ccc1NC(=O)C(C)NC(=O)c1ccccc1C. The van der Waals surface area contributed by atoms with Crippen LogP contribution in [-0.2, 0) is 4.79 Å². The minimum Gasteiger partial charge on any atom is -0.341 e. The number of amides is 2. The lowest BCUT2D eigenvalue weighted by atomic mass is 10.1. The minimum absolute atomic E-state index is 0.304. The maximum absolute atomic E-state index is 13.1. The lowest BCUT2D eigenvalue weighted by Crippen LogP contribution is -2.41. The molecule has 0 saturated heterocycles. The molecule has 0 aliphatic heterocycles. The van der Waals surface area contributed by atoms with E-state index in [2.05, 4.69) is 10.6 Å².